The predicted octanol–water partition coefficient (Wildman–Crippen LogP) is 2.09. The van der Waals surface area contributed by atoms with Gasteiger partial charge in [0.25, 0.3) is 11.5 Å². The van der Waals surface area contributed by atoms with E-state index in [4.69, 9.17) is 0 Å². The summed E-state index contributed by atoms with van der Waals surface area (Å²) in [7, 11) is 0. The second-order valence-corrected chi connectivity index (χ2v) is 5.65. The average molecular weight is 273 g/mol. The van der Waals surface area contributed by atoms with Gasteiger partial charge in [-0.15, -0.1) is 0 Å². The number of fused-ring (bicyclic) bond motifs is 1. The maximum Gasteiger partial charge on any atom is 0.272 e. The first-order valence-electron chi connectivity index (χ1n) is 6.70. The molecule has 1 aromatic heterocycles. The van der Waals surface area contributed by atoms with Gasteiger partial charge >= 0.3 is 0 Å². The lowest BCUT2D eigenvalue weighted by atomic mass is 9.90. The molecular formula is C15H19N3O2. The molecule has 0 atom stereocenters. The molecule has 2 aromatic rings. The van der Waals surface area contributed by atoms with Crippen LogP contribution in [-0.4, -0.2) is 22.6 Å². The molecule has 20 heavy (non-hydrogen) atoms. The van der Waals surface area contributed by atoms with E-state index in [1.54, 1.807) is 24.3 Å². The molecule has 0 saturated carbocycles. The molecule has 5 heteroatoms. The van der Waals surface area contributed by atoms with E-state index in [0.717, 1.165) is 6.42 Å². The van der Waals surface area contributed by atoms with Crippen LogP contribution in [0.1, 0.15) is 37.7 Å². The Morgan fingerprint density at radius 2 is 1.95 bits per heavy atom. The number of carbonyl (C=O) groups is 1. The molecule has 2 rings (SSSR count). The molecule has 0 unspecified atom stereocenters. The Kier molecular flexibility index (Phi) is 3.88. The van der Waals surface area contributed by atoms with Crippen molar-refractivity contribution in [3.8, 4) is 0 Å². The largest absolute Gasteiger partial charge is 0.350 e. The van der Waals surface area contributed by atoms with Gasteiger partial charge in [-0.2, -0.15) is 5.10 Å². The molecule has 1 aromatic carbocycles. The summed E-state index contributed by atoms with van der Waals surface area (Å²) in [4.78, 5) is 23.9. The fourth-order valence-electron chi connectivity index (χ4n) is 1.82. The topological polar surface area (TPSA) is 74.8 Å². The number of amides is 1. The van der Waals surface area contributed by atoms with Crippen LogP contribution in [0.4, 0.5) is 0 Å². The van der Waals surface area contributed by atoms with Crippen molar-refractivity contribution in [2.45, 2.75) is 27.2 Å². The van der Waals surface area contributed by atoms with E-state index in [-0.39, 0.29) is 22.6 Å². The van der Waals surface area contributed by atoms with E-state index in [9.17, 15) is 9.59 Å². The van der Waals surface area contributed by atoms with Crippen molar-refractivity contribution in [1.82, 2.24) is 15.5 Å². The summed E-state index contributed by atoms with van der Waals surface area (Å²) in [5, 5.41) is 10.2. The molecule has 5 nitrogen and oxygen atoms in total. The molecule has 0 aliphatic heterocycles. The van der Waals surface area contributed by atoms with Gasteiger partial charge in [-0.05, 0) is 17.9 Å². The van der Waals surface area contributed by atoms with Gasteiger partial charge in [-0.1, -0.05) is 39.0 Å². The minimum Gasteiger partial charge on any atom is -0.350 e. The van der Waals surface area contributed by atoms with Gasteiger partial charge in [-0.3, -0.25) is 9.59 Å². The smallest absolute Gasteiger partial charge is 0.272 e. The van der Waals surface area contributed by atoms with Gasteiger partial charge in [-0.25, -0.2) is 5.10 Å². The number of H-pyrrole nitrogens is 1. The van der Waals surface area contributed by atoms with Gasteiger partial charge in [0.05, 0.1) is 5.39 Å². The van der Waals surface area contributed by atoms with E-state index in [0.29, 0.717) is 17.3 Å². The number of nitrogens with one attached hydrogen (secondary N) is 2. The summed E-state index contributed by atoms with van der Waals surface area (Å²) in [6.07, 6.45) is 0.965. The summed E-state index contributed by atoms with van der Waals surface area (Å²) >= 11 is 0. The molecule has 0 aliphatic rings. The number of carbonyl (C=O) groups excluding carboxylic acids is 1. The molecule has 0 radical (unpaired) electrons. The number of hydrogen-bond acceptors (Lipinski definition) is 3. The molecule has 0 saturated heterocycles. The second-order valence-electron chi connectivity index (χ2n) is 5.65. The summed E-state index contributed by atoms with van der Waals surface area (Å²) in [5.74, 6) is -0.265. The van der Waals surface area contributed by atoms with E-state index in [1.807, 2.05) is 0 Å². The molecule has 0 aliphatic carbocycles. The van der Waals surface area contributed by atoms with Crippen LogP contribution in [-0.2, 0) is 0 Å². The summed E-state index contributed by atoms with van der Waals surface area (Å²) < 4.78 is 0. The van der Waals surface area contributed by atoms with E-state index < -0.39 is 0 Å². The highest BCUT2D eigenvalue weighted by molar-refractivity contribution is 6.04. The molecule has 1 heterocycles. The van der Waals surface area contributed by atoms with Crippen molar-refractivity contribution in [3.63, 3.8) is 0 Å². The summed E-state index contributed by atoms with van der Waals surface area (Å²) in [6, 6.07) is 6.97. The van der Waals surface area contributed by atoms with Crippen LogP contribution in [0.2, 0.25) is 0 Å². The van der Waals surface area contributed by atoms with Crippen molar-refractivity contribution in [1.29, 1.82) is 0 Å². The summed E-state index contributed by atoms with van der Waals surface area (Å²) in [5.41, 5.74) is 0.00587. The third kappa shape index (κ3) is 2.87. The first kappa shape index (κ1) is 14.2. The Balaban J connectivity index is 2.32. The molecule has 0 bridgehead atoms. The molecule has 106 valence electrons. The number of aromatic amines is 1. The number of aromatic nitrogens is 2. The van der Waals surface area contributed by atoms with Crippen molar-refractivity contribution in [2.75, 3.05) is 6.54 Å². The van der Waals surface area contributed by atoms with E-state index in [1.165, 1.54) is 0 Å². The fraction of sp³-hybridized carbons (Fsp3) is 0.400. The zero-order valence-electron chi connectivity index (χ0n) is 12.0. The van der Waals surface area contributed by atoms with Crippen LogP contribution in [0.25, 0.3) is 10.8 Å². The van der Waals surface area contributed by atoms with Crippen LogP contribution in [0, 0.1) is 5.41 Å². The summed E-state index contributed by atoms with van der Waals surface area (Å²) in [6.45, 7) is 6.83. The molecule has 2 N–H and O–H groups in total. The average Bonchev–Trinajstić information content (AvgIpc) is 2.46. The van der Waals surface area contributed by atoms with Crippen LogP contribution in [0.3, 0.4) is 0 Å². The Morgan fingerprint density at radius 1 is 1.30 bits per heavy atom. The normalized spacial score (nSPS) is 11.6. The predicted molar refractivity (Wildman–Crippen MR) is 78.8 cm³/mol. The number of nitrogens with zero attached hydrogens (tertiary/aromatic N) is 1. The Bertz CT molecular complexity index is 689. The molecular weight excluding hydrogens is 254 g/mol. The van der Waals surface area contributed by atoms with Gasteiger partial charge in [0, 0.05) is 11.9 Å². The zero-order valence-corrected chi connectivity index (χ0v) is 12.0. The maximum atomic E-state index is 12.2. The lowest BCUT2D eigenvalue weighted by molar-refractivity contribution is 0.0931. The van der Waals surface area contributed by atoms with E-state index >= 15 is 0 Å². The Labute approximate surface area is 117 Å². The zero-order chi connectivity index (χ0) is 14.8. The van der Waals surface area contributed by atoms with Crippen LogP contribution in [0.5, 0.6) is 0 Å². The fourth-order valence-corrected chi connectivity index (χ4v) is 1.82. The standard InChI is InChI=1S/C15H19N3O2/c1-4-15(2,3)9-16-14(20)12-10-7-5-6-8-11(10)13(19)18-17-12/h5-8H,4,9H2,1-3H3,(H,16,20)(H,18,19). The molecule has 0 spiro atoms. The van der Waals surface area contributed by atoms with Gasteiger partial charge in [0.1, 0.15) is 0 Å². The first-order valence-corrected chi connectivity index (χ1v) is 6.70. The highest BCUT2D eigenvalue weighted by Gasteiger charge is 2.19. The van der Waals surface area contributed by atoms with Crippen LogP contribution in [0.15, 0.2) is 29.1 Å². The second kappa shape index (κ2) is 5.45. The number of rotatable bonds is 4. The third-order valence-corrected chi connectivity index (χ3v) is 3.60. The highest BCUT2D eigenvalue weighted by atomic mass is 16.2. The highest BCUT2D eigenvalue weighted by Crippen LogP contribution is 2.18. The first-order chi connectivity index (χ1) is 9.44. The Hall–Kier alpha value is -2.17. The molecule has 0 fully saturated rings. The lowest BCUT2D eigenvalue weighted by Crippen LogP contribution is -2.34. The third-order valence-electron chi connectivity index (χ3n) is 3.60. The van der Waals surface area contributed by atoms with Crippen molar-refractivity contribution >= 4 is 16.7 Å². The van der Waals surface area contributed by atoms with Crippen LogP contribution < -0.4 is 10.9 Å². The minimum atomic E-state index is -0.286. The van der Waals surface area contributed by atoms with Gasteiger partial charge < -0.3 is 5.32 Å². The lowest BCUT2D eigenvalue weighted by Gasteiger charge is -2.22. The van der Waals surface area contributed by atoms with Gasteiger partial charge in [0.2, 0.25) is 0 Å². The van der Waals surface area contributed by atoms with Gasteiger partial charge in [0.15, 0.2) is 5.69 Å². The Morgan fingerprint density at radius 3 is 2.60 bits per heavy atom. The quantitative estimate of drug-likeness (QED) is 0.895. The van der Waals surface area contributed by atoms with Crippen molar-refractivity contribution in [3.05, 3.63) is 40.3 Å². The van der Waals surface area contributed by atoms with Crippen molar-refractivity contribution in [2.24, 2.45) is 5.41 Å². The van der Waals surface area contributed by atoms with Crippen molar-refractivity contribution < 1.29 is 4.79 Å². The number of hydrogen-bond donors (Lipinski definition) is 2. The van der Waals surface area contributed by atoms with Crippen LogP contribution >= 0.6 is 0 Å². The molecule has 1 amide bonds. The maximum absolute atomic E-state index is 12.2. The number of benzene rings is 1. The SMILES string of the molecule is CCC(C)(C)CNC(=O)c1n[nH]c(=O)c2ccccc12. The van der Waals surface area contributed by atoms with E-state index in [2.05, 4.69) is 36.3 Å². The monoisotopic (exact) mass is 273 g/mol. The minimum absolute atomic E-state index is 0.0354.